The molecule has 8 nitrogen and oxygen atoms in total. The van der Waals surface area contributed by atoms with Crippen LogP contribution in [0.3, 0.4) is 0 Å². The highest BCUT2D eigenvalue weighted by molar-refractivity contribution is 7.92. The molecule has 1 aliphatic rings. The number of benzene rings is 2. The van der Waals surface area contributed by atoms with Gasteiger partial charge >= 0.3 is 6.09 Å². The van der Waals surface area contributed by atoms with Gasteiger partial charge in [0.1, 0.15) is 17.5 Å². The molecule has 31 heavy (non-hydrogen) atoms. The Morgan fingerprint density at radius 2 is 1.87 bits per heavy atom. The van der Waals surface area contributed by atoms with Gasteiger partial charge in [-0.1, -0.05) is 36.4 Å². The molecule has 2 unspecified atom stereocenters. The highest BCUT2D eigenvalue weighted by Gasteiger charge is 2.44. The predicted octanol–water partition coefficient (Wildman–Crippen LogP) is 2.91. The molecule has 0 fully saturated rings. The van der Waals surface area contributed by atoms with Gasteiger partial charge in [-0.15, -0.1) is 0 Å². The van der Waals surface area contributed by atoms with E-state index in [0.717, 1.165) is 11.8 Å². The molecule has 9 heteroatoms. The van der Waals surface area contributed by atoms with E-state index in [4.69, 9.17) is 9.47 Å². The van der Waals surface area contributed by atoms with Crippen molar-refractivity contribution in [2.75, 3.05) is 17.6 Å². The second kappa shape index (κ2) is 8.76. The lowest BCUT2D eigenvalue weighted by Crippen LogP contribution is -2.53. The van der Waals surface area contributed by atoms with Crippen molar-refractivity contribution < 1.29 is 27.8 Å². The topological polar surface area (TPSA) is 114 Å². The highest BCUT2D eigenvalue weighted by Crippen LogP contribution is 2.44. The molecule has 3 rings (SSSR count). The number of carbonyl (C=O) groups excluding carboxylic acids is 1. The largest absolute Gasteiger partial charge is 0.484 e. The molecule has 2 atom stereocenters. The molecule has 168 valence electrons. The second-order valence-electron chi connectivity index (χ2n) is 8.17. The number of anilines is 1. The summed E-state index contributed by atoms with van der Waals surface area (Å²) in [5, 5.41) is 13.6. The molecule has 0 saturated carbocycles. The van der Waals surface area contributed by atoms with E-state index in [-0.39, 0.29) is 6.61 Å². The molecular formula is C22H28N2O6S. The zero-order chi connectivity index (χ0) is 22.8. The monoisotopic (exact) mass is 448 g/mol. The molecule has 1 amide bonds. The van der Waals surface area contributed by atoms with E-state index in [1.165, 1.54) is 0 Å². The summed E-state index contributed by atoms with van der Waals surface area (Å²) in [6.45, 7) is 5.31. The van der Waals surface area contributed by atoms with Crippen molar-refractivity contribution in [1.29, 1.82) is 0 Å². The summed E-state index contributed by atoms with van der Waals surface area (Å²) in [6, 6.07) is 12.1. The fourth-order valence-electron chi connectivity index (χ4n) is 3.53. The Morgan fingerprint density at radius 1 is 1.19 bits per heavy atom. The first-order valence-electron chi connectivity index (χ1n) is 9.93. The van der Waals surface area contributed by atoms with E-state index in [2.05, 4.69) is 10.0 Å². The molecule has 0 aromatic heterocycles. The Hall–Kier alpha value is -2.78. The molecule has 0 radical (unpaired) electrons. The van der Waals surface area contributed by atoms with Crippen LogP contribution in [0.25, 0.3) is 0 Å². The number of aliphatic hydroxyl groups is 1. The van der Waals surface area contributed by atoms with Gasteiger partial charge in [-0.05, 0) is 32.4 Å². The fraction of sp³-hybridized carbons (Fsp3) is 0.409. The second-order valence-corrected chi connectivity index (χ2v) is 9.92. The Kier molecular flexibility index (Phi) is 6.47. The molecule has 0 spiro atoms. The van der Waals surface area contributed by atoms with Crippen LogP contribution in [0.4, 0.5) is 10.5 Å². The Balaban J connectivity index is 1.78. The molecule has 0 saturated heterocycles. The summed E-state index contributed by atoms with van der Waals surface area (Å²) in [5.41, 5.74) is 1.51. The maximum atomic E-state index is 12.4. The predicted molar refractivity (Wildman–Crippen MR) is 118 cm³/mol. The van der Waals surface area contributed by atoms with E-state index in [1.54, 1.807) is 32.9 Å². The molecule has 2 aromatic rings. The minimum absolute atomic E-state index is 0.196. The van der Waals surface area contributed by atoms with Gasteiger partial charge in [-0.25, -0.2) is 13.2 Å². The Labute approximate surface area is 182 Å². The summed E-state index contributed by atoms with van der Waals surface area (Å²) >= 11 is 0. The number of hydrogen-bond donors (Lipinski definition) is 3. The number of nitrogens with one attached hydrogen (secondary N) is 2. The van der Waals surface area contributed by atoms with Crippen LogP contribution in [-0.4, -0.2) is 44.2 Å². The number of amides is 1. The first kappa shape index (κ1) is 22.9. The first-order chi connectivity index (χ1) is 14.5. The maximum absolute atomic E-state index is 12.4. The third-order valence-corrected chi connectivity index (χ3v) is 5.79. The number of carbonyl (C=O) groups is 1. The number of hydrogen-bond acceptors (Lipinski definition) is 6. The number of fused-ring (bicyclic) bond motifs is 1. The van der Waals surface area contributed by atoms with Gasteiger partial charge in [0.25, 0.3) is 0 Å². The van der Waals surface area contributed by atoms with E-state index >= 15 is 0 Å². The molecule has 1 heterocycles. The van der Waals surface area contributed by atoms with Crippen LogP contribution >= 0.6 is 0 Å². The Morgan fingerprint density at radius 3 is 2.52 bits per heavy atom. The van der Waals surface area contributed by atoms with Crippen molar-refractivity contribution in [3.05, 3.63) is 59.2 Å². The minimum atomic E-state index is -3.48. The van der Waals surface area contributed by atoms with Crippen molar-refractivity contribution in [2.45, 2.75) is 44.9 Å². The van der Waals surface area contributed by atoms with Crippen molar-refractivity contribution in [3.8, 4) is 5.75 Å². The third-order valence-electron chi connectivity index (χ3n) is 5.20. The SMILES string of the molecule is Cc1c(NS(C)(=O)=O)ccc2c1OC(C)(C)C(O)C2NC(=O)OCCc1ccccc1. The van der Waals surface area contributed by atoms with Crippen LogP contribution < -0.4 is 14.8 Å². The van der Waals surface area contributed by atoms with Crippen LogP contribution in [0.2, 0.25) is 0 Å². The van der Waals surface area contributed by atoms with E-state index in [9.17, 15) is 18.3 Å². The summed E-state index contributed by atoms with van der Waals surface area (Å²) in [7, 11) is -3.48. The smallest absolute Gasteiger partial charge is 0.407 e. The van der Waals surface area contributed by atoms with E-state index in [1.807, 2.05) is 30.3 Å². The van der Waals surface area contributed by atoms with Crippen molar-refractivity contribution in [2.24, 2.45) is 0 Å². The minimum Gasteiger partial charge on any atom is -0.484 e. The summed E-state index contributed by atoms with van der Waals surface area (Å²) in [4.78, 5) is 12.4. The van der Waals surface area contributed by atoms with Crippen LogP contribution in [0.1, 0.15) is 36.6 Å². The van der Waals surface area contributed by atoms with Crippen LogP contribution in [0.5, 0.6) is 5.75 Å². The average molecular weight is 449 g/mol. The van der Waals surface area contributed by atoms with Crippen molar-refractivity contribution in [3.63, 3.8) is 0 Å². The number of aliphatic hydroxyl groups excluding tert-OH is 1. The summed E-state index contributed by atoms with van der Waals surface area (Å²) in [6.07, 6.45) is -0.0582. The number of ether oxygens (including phenoxy) is 2. The lowest BCUT2D eigenvalue weighted by molar-refractivity contribution is -0.0640. The van der Waals surface area contributed by atoms with Crippen LogP contribution in [-0.2, 0) is 21.2 Å². The van der Waals surface area contributed by atoms with Gasteiger partial charge in [0, 0.05) is 17.5 Å². The zero-order valence-corrected chi connectivity index (χ0v) is 18.8. The molecule has 1 aliphatic heterocycles. The molecule has 3 N–H and O–H groups in total. The number of rotatable bonds is 6. The van der Waals surface area contributed by atoms with Crippen LogP contribution in [0.15, 0.2) is 42.5 Å². The molecule has 2 aromatic carbocycles. The number of sulfonamides is 1. The standard InChI is InChI=1S/C22H28N2O6S/c1-14-17(24-31(4,27)28)11-10-16-18(20(25)22(2,3)30-19(14)16)23-21(26)29-13-12-15-8-6-5-7-9-15/h5-11,18,20,24-25H,12-13H2,1-4H3,(H,23,26). The summed E-state index contributed by atoms with van der Waals surface area (Å²) in [5.74, 6) is 0.415. The number of alkyl carbamates (subject to hydrolysis) is 1. The van der Waals surface area contributed by atoms with Crippen molar-refractivity contribution in [1.82, 2.24) is 5.32 Å². The van der Waals surface area contributed by atoms with Gasteiger partial charge in [-0.2, -0.15) is 0 Å². The van der Waals surface area contributed by atoms with Gasteiger partial charge in [-0.3, -0.25) is 4.72 Å². The molecule has 0 aliphatic carbocycles. The molecule has 0 bridgehead atoms. The van der Waals surface area contributed by atoms with Crippen molar-refractivity contribution >= 4 is 21.8 Å². The van der Waals surface area contributed by atoms with Crippen LogP contribution in [0, 0.1) is 6.92 Å². The van der Waals surface area contributed by atoms with E-state index < -0.39 is 33.9 Å². The lowest BCUT2D eigenvalue weighted by Gasteiger charge is -2.42. The Bertz CT molecular complexity index is 1050. The van der Waals surface area contributed by atoms with Gasteiger partial charge in [0.15, 0.2) is 0 Å². The summed E-state index contributed by atoms with van der Waals surface area (Å²) < 4.78 is 37.0. The average Bonchev–Trinajstić information content (AvgIpc) is 2.68. The molecular weight excluding hydrogens is 420 g/mol. The highest BCUT2D eigenvalue weighted by atomic mass is 32.2. The normalized spacial score (nSPS) is 19.6. The van der Waals surface area contributed by atoms with Gasteiger partial charge < -0.3 is 19.9 Å². The van der Waals surface area contributed by atoms with E-state index in [0.29, 0.717) is 29.0 Å². The fourth-order valence-corrected chi connectivity index (χ4v) is 4.15. The maximum Gasteiger partial charge on any atom is 0.407 e. The quantitative estimate of drug-likeness (QED) is 0.626. The first-order valence-corrected chi connectivity index (χ1v) is 11.8. The van der Waals surface area contributed by atoms with Gasteiger partial charge in [0.2, 0.25) is 10.0 Å². The zero-order valence-electron chi connectivity index (χ0n) is 18.0. The van der Waals surface area contributed by atoms with Gasteiger partial charge in [0.05, 0.1) is 24.6 Å². The lowest BCUT2D eigenvalue weighted by atomic mass is 9.85. The third kappa shape index (κ3) is 5.48.